The van der Waals surface area contributed by atoms with Crippen LogP contribution in [0.15, 0.2) is 27.4 Å². The van der Waals surface area contributed by atoms with Crippen LogP contribution in [-0.2, 0) is 4.79 Å². The Hall–Kier alpha value is -3.03. The molecule has 8 nitrogen and oxygen atoms in total. The lowest BCUT2D eigenvalue weighted by atomic mass is 9.97. The second-order valence-corrected chi connectivity index (χ2v) is 6.65. The number of carbonyl (C=O) groups excluding carboxylic acids is 1. The molecule has 3 N–H and O–H groups in total. The highest BCUT2D eigenvalue weighted by Gasteiger charge is 2.26. The van der Waals surface area contributed by atoms with Gasteiger partial charge in [-0.3, -0.25) is 9.59 Å². The number of nitrogens with one attached hydrogen (secondary N) is 1. The molecule has 1 atom stereocenters. The van der Waals surface area contributed by atoms with E-state index in [0.29, 0.717) is 5.75 Å². The molecule has 1 aromatic heterocycles. The van der Waals surface area contributed by atoms with Gasteiger partial charge in [-0.25, -0.2) is 4.79 Å². The number of hydrogen-bond acceptors (Lipinski definition) is 6. The van der Waals surface area contributed by atoms with Crippen LogP contribution in [0, 0.1) is 0 Å². The van der Waals surface area contributed by atoms with Crippen LogP contribution in [0.2, 0.25) is 0 Å². The van der Waals surface area contributed by atoms with E-state index in [4.69, 9.17) is 14.3 Å². The number of carboxylic acids is 1. The molecule has 1 aliphatic rings. The molecule has 1 heterocycles. The molecule has 3 rings (SSSR count). The zero-order valence-corrected chi connectivity index (χ0v) is 14.9. The highest BCUT2D eigenvalue weighted by molar-refractivity contribution is 6.04. The number of rotatable bonds is 5. The van der Waals surface area contributed by atoms with Crippen molar-refractivity contribution in [2.24, 2.45) is 0 Å². The van der Waals surface area contributed by atoms with Crippen molar-refractivity contribution < 1.29 is 29.0 Å². The summed E-state index contributed by atoms with van der Waals surface area (Å²) < 4.78 is 11.2. The summed E-state index contributed by atoms with van der Waals surface area (Å²) in [5.74, 6) is -2.55. The van der Waals surface area contributed by atoms with E-state index in [1.54, 1.807) is 12.1 Å². The molecule has 1 unspecified atom stereocenters. The lowest BCUT2D eigenvalue weighted by Crippen LogP contribution is -2.40. The SMILES string of the molecule is CC(NC(=O)c1c(O)c2c(OC3CCCCC3)cccc2oc1=O)C(=O)O. The molecule has 2 aromatic rings. The first-order valence-electron chi connectivity index (χ1n) is 8.87. The molecule has 0 spiro atoms. The van der Waals surface area contributed by atoms with Crippen LogP contribution in [0.25, 0.3) is 11.0 Å². The van der Waals surface area contributed by atoms with Crippen LogP contribution >= 0.6 is 0 Å². The standard InChI is InChI=1S/C19H21NO7/c1-10(18(23)24)20-17(22)15-16(21)14-12(26-11-6-3-2-4-7-11)8-5-9-13(14)27-19(15)25/h5,8-11,21H,2-4,6-7H2,1H3,(H,20,22)(H,23,24). The van der Waals surface area contributed by atoms with Crippen molar-refractivity contribution in [2.45, 2.75) is 51.2 Å². The van der Waals surface area contributed by atoms with Crippen molar-refractivity contribution in [3.8, 4) is 11.5 Å². The van der Waals surface area contributed by atoms with Crippen molar-refractivity contribution >= 4 is 22.8 Å². The molecule has 8 heteroatoms. The van der Waals surface area contributed by atoms with E-state index in [2.05, 4.69) is 5.32 Å². The maximum atomic E-state index is 12.3. The minimum absolute atomic E-state index is 0.0139. The van der Waals surface area contributed by atoms with E-state index in [0.717, 1.165) is 32.1 Å². The summed E-state index contributed by atoms with van der Waals surface area (Å²) in [4.78, 5) is 35.4. The monoisotopic (exact) mass is 375 g/mol. The van der Waals surface area contributed by atoms with Gasteiger partial charge in [-0.2, -0.15) is 0 Å². The number of aliphatic carboxylic acids is 1. The molecule has 0 radical (unpaired) electrons. The predicted molar refractivity (Wildman–Crippen MR) is 96.2 cm³/mol. The summed E-state index contributed by atoms with van der Waals surface area (Å²) in [6.07, 6.45) is 5.02. The second-order valence-electron chi connectivity index (χ2n) is 6.65. The average molecular weight is 375 g/mol. The van der Waals surface area contributed by atoms with Crippen molar-refractivity contribution in [1.29, 1.82) is 0 Å². The predicted octanol–water partition coefficient (Wildman–Crippen LogP) is 2.41. The van der Waals surface area contributed by atoms with Gasteiger partial charge in [0.25, 0.3) is 5.91 Å². The lowest BCUT2D eigenvalue weighted by molar-refractivity contribution is -0.138. The number of amides is 1. The van der Waals surface area contributed by atoms with Crippen LogP contribution in [-0.4, -0.2) is 34.2 Å². The Morgan fingerprint density at radius 1 is 1.26 bits per heavy atom. The Morgan fingerprint density at radius 2 is 1.96 bits per heavy atom. The Morgan fingerprint density at radius 3 is 2.63 bits per heavy atom. The molecule has 144 valence electrons. The minimum atomic E-state index is -1.27. The van der Waals surface area contributed by atoms with Crippen molar-refractivity contribution in [3.05, 3.63) is 34.2 Å². The van der Waals surface area contributed by atoms with Gasteiger partial charge in [-0.1, -0.05) is 12.5 Å². The molecule has 27 heavy (non-hydrogen) atoms. The van der Waals surface area contributed by atoms with Crippen LogP contribution in [0.1, 0.15) is 49.4 Å². The van der Waals surface area contributed by atoms with E-state index in [1.165, 1.54) is 13.0 Å². The number of carboxylic acid groups (broad SMARTS) is 1. The van der Waals surface area contributed by atoms with Crippen LogP contribution in [0.5, 0.6) is 11.5 Å². The van der Waals surface area contributed by atoms with Gasteiger partial charge in [-0.05, 0) is 44.7 Å². The van der Waals surface area contributed by atoms with Crippen LogP contribution < -0.4 is 15.7 Å². The Labute approximate surface area is 154 Å². The molecule has 0 bridgehead atoms. The van der Waals surface area contributed by atoms with Gasteiger partial charge >= 0.3 is 11.6 Å². The van der Waals surface area contributed by atoms with Crippen molar-refractivity contribution in [2.75, 3.05) is 0 Å². The molecule has 0 aliphatic heterocycles. The summed E-state index contributed by atoms with van der Waals surface area (Å²) in [5, 5.41) is 21.8. The molecule has 1 amide bonds. The summed E-state index contributed by atoms with van der Waals surface area (Å²) in [7, 11) is 0. The molecule has 1 aromatic carbocycles. The Bertz CT molecular complexity index is 928. The van der Waals surface area contributed by atoms with Crippen molar-refractivity contribution in [1.82, 2.24) is 5.32 Å². The molecular formula is C19H21NO7. The van der Waals surface area contributed by atoms with E-state index in [9.17, 15) is 19.5 Å². The quantitative estimate of drug-likeness (QED) is 0.685. The topological polar surface area (TPSA) is 126 Å². The minimum Gasteiger partial charge on any atom is -0.506 e. The number of hydrogen-bond donors (Lipinski definition) is 3. The first kappa shape index (κ1) is 18.8. The summed E-state index contributed by atoms with van der Waals surface area (Å²) in [5.41, 5.74) is -1.60. The normalized spacial score (nSPS) is 16.0. The number of carbonyl (C=O) groups is 2. The lowest BCUT2D eigenvalue weighted by Gasteiger charge is -2.23. The number of aromatic hydroxyl groups is 1. The molecular weight excluding hydrogens is 354 g/mol. The number of fused-ring (bicyclic) bond motifs is 1. The molecule has 1 saturated carbocycles. The van der Waals surface area contributed by atoms with Crippen LogP contribution in [0.3, 0.4) is 0 Å². The van der Waals surface area contributed by atoms with Gasteiger partial charge in [0.1, 0.15) is 22.8 Å². The van der Waals surface area contributed by atoms with Gasteiger partial charge in [0.05, 0.1) is 6.10 Å². The third kappa shape index (κ3) is 3.89. The maximum absolute atomic E-state index is 12.3. The number of benzene rings is 1. The first-order chi connectivity index (χ1) is 12.9. The Kier molecular flexibility index (Phi) is 5.34. The zero-order valence-electron chi connectivity index (χ0n) is 14.9. The van der Waals surface area contributed by atoms with Crippen LogP contribution in [0.4, 0.5) is 0 Å². The smallest absolute Gasteiger partial charge is 0.353 e. The van der Waals surface area contributed by atoms with Crippen molar-refractivity contribution in [3.63, 3.8) is 0 Å². The summed E-state index contributed by atoms with van der Waals surface area (Å²) in [6, 6.07) is 3.53. The molecule has 1 fully saturated rings. The highest BCUT2D eigenvalue weighted by Crippen LogP contribution is 2.36. The summed E-state index contributed by atoms with van der Waals surface area (Å²) in [6.45, 7) is 1.25. The highest BCUT2D eigenvalue weighted by atomic mass is 16.5. The van der Waals surface area contributed by atoms with Gasteiger partial charge < -0.3 is 24.7 Å². The largest absolute Gasteiger partial charge is 0.506 e. The fourth-order valence-corrected chi connectivity index (χ4v) is 3.19. The van der Waals surface area contributed by atoms with Gasteiger partial charge in [-0.15, -0.1) is 0 Å². The zero-order chi connectivity index (χ0) is 19.6. The molecule has 1 aliphatic carbocycles. The average Bonchev–Trinajstić information content (AvgIpc) is 2.62. The van der Waals surface area contributed by atoms with E-state index >= 15 is 0 Å². The molecule has 0 saturated heterocycles. The number of ether oxygens (including phenoxy) is 1. The summed E-state index contributed by atoms with van der Waals surface area (Å²) >= 11 is 0. The van der Waals surface area contributed by atoms with Gasteiger partial charge in [0.15, 0.2) is 11.3 Å². The first-order valence-corrected chi connectivity index (χ1v) is 8.87. The van der Waals surface area contributed by atoms with Gasteiger partial charge in [0.2, 0.25) is 0 Å². The third-order valence-corrected chi connectivity index (χ3v) is 4.66. The van der Waals surface area contributed by atoms with Gasteiger partial charge in [0, 0.05) is 0 Å². The second kappa shape index (κ2) is 7.69. The Balaban J connectivity index is 2.03. The van der Waals surface area contributed by atoms with E-state index in [1.807, 2.05) is 0 Å². The van der Waals surface area contributed by atoms with E-state index < -0.39 is 34.9 Å². The van der Waals surface area contributed by atoms with E-state index in [-0.39, 0.29) is 17.1 Å². The maximum Gasteiger partial charge on any atom is 0.353 e. The fourth-order valence-electron chi connectivity index (χ4n) is 3.19. The third-order valence-electron chi connectivity index (χ3n) is 4.66. The fraction of sp³-hybridized carbons (Fsp3) is 0.421.